The molecule has 0 aromatic heterocycles. The van der Waals surface area contributed by atoms with Crippen molar-refractivity contribution in [1.29, 1.82) is 0 Å². The lowest BCUT2D eigenvalue weighted by atomic mass is 10.2. The number of aromatic carboxylic acids is 1. The molecule has 0 amide bonds. The molecule has 0 N–H and O–H groups in total. The third kappa shape index (κ3) is 2.39. The minimum atomic E-state index is -1.36. The molecule has 1 aliphatic carbocycles. The molecule has 4 heteroatoms. The summed E-state index contributed by atoms with van der Waals surface area (Å²) in [5.41, 5.74) is -0.748. The van der Waals surface area contributed by atoms with Gasteiger partial charge in [-0.15, -0.1) is 5.92 Å². The highest BCUT2D eigenvalue weighted by molar-refractivity contribution is 5.86. The first-order chi connectivity index (χ1) is 8.06. The zero-order chi connectivity index (χ0) is 12.5. The van der Waals surface area contributed by atoms with Crippen molar-refractivity contribution in [3.63, 3.8) is 0 Å². The van der Waals surface area contributed by atoms with Gasteiger partial charge >= 0.3 is 0 Å². The van der Waals surface area contributed by atoms with E-state index < -0.39 is 17.4 Å². The molecule has 0 unspecified atom stereocenters. The van der Waals surface area contributed by atoms with E-state index in [-0.39, 0.29) is 11.3 Å². The molecule has 1 aromatic rings. The van der Waals surface area contributed by atoms with Gasteiger partial charge in [0.05, 0.1) is 5.97 Å². The molecule has 1 saturated carbocycles. The molecule has 0 heterocycles. The maximum absolute atomic E-state index is 13.4. The summed E-state index contributed by atoms with van der Waals surface area (Å²) in [6.07, 6.45) is 1.45. The Bertz CT molecular complexity index is 521. The van der Waals surface area contributed by atoms with Crippen molar-refractivity contribution in [2.24, 2.45) is 0 Å². The predicted octanol–water partition coefficient (Wildman–Crippen LogP) is 1.12. The lowest BCUT2D eigenvalue weighted by Gasteiger charge is -2.14. The summed E-state index contributed by atoms with van der Waals surface area (Å²) in [6.45, 7) is 1.68. The Morgan fingerprint density at radius 2 is 2.24 bits per heavy atom. The Morgan fingerprint density at radius 3 is 2.76 bits per heavy atom. The smallest absolute Gasteiger partial charge is 0.169 e. The zero-order valence-corrected chi connectivity index (χ0v) is 9.25. The molecule has 88 valence electrons. The highest BCUT2D eigenvalue weighted by atomic mass is 19.1. The van der Waals surface area contributed by atoms with Crippen LogP contribution in [0.15, 0.2) is 18.2 Å². The fourth-order valence-corrected chi connectivity index (χ4v) is 1.51. The van der Waals surface area contributed by atoms with Crippen LogP contribution in [-0.2, 0) is 0 Å². The van der Waals surface area contributed by atoms with Crippen LogP contribution in [0.4, 0.5) is 4.39 Å². The van der Waals surface area contributed by atoms with Gasteiger partial charge in [-0.25, -0.2) is 4.39 Å². The van der Waals surface area contributed by atoms with E-state index in [2.05, 4.69) is 11.8 Å². The van der Waals surface area contributed by atoms with Gasteiger partial charge in [0.2, 0.25) is 0 Å². The van der Waals surface area contributed by atoms with Crippen molar-refractivity contribution in [3.8, 4) is 17.6 Å². The molecule has 0 spiro atoms. The molecule has 0 aliphatic heterocycles. The number of ether oxygens (including phenoxy) is 1. The Labute approximate surface area is 98.2 Å². The van der Waals surface area contributed by atoms with Crippen LogP contribution < -0.4 is 9.84 Å². The average molecular weight is 233 g/mol. The lowest BCUT2D eigenvalue weighted by molar-refractivity contribution is -0.255. The number of hydrogen-bond donors (Lipinski definition) is 0. The summed E-state index contributed by atoms with van der Waals surface area (Å²) < 4.78 is 18.9. The van der Waals surface area contributed by atoms with Gasteiger partial charge in [-0.3, -0.25) is 0 Å². The Kier molecular flexibility index (Phi) is 2.76. The Balaban J connectivity index is 2.28. The first-order valence-corrected chi connectivity index (χ1v) is 5.20. The Hall–Kier alpha value is -2.02. The standard InChI is InChI=1S/C13H11FO3/c1-2-5-13(6-7-13)17-11-8-9(12(15)16)3-4-10(11)14/h3-4,8H,6-7H2,1H3,(H,15,16)/p-1. The van der Waals surface area contributed by atoms with Gasteiger partial charge in [-0.1, -0.05) is 5.92 Å². The highest BCUT2D eigenvalue weighted by Gasteiger charge is 2.44. The largest absolute Gasteiger partial charge is 0.545 e. The monoisotopic (exact) mass is 233 g/mol. The second kappa shape index (κ2) is 4.10. The van der Waals surface area contributed by atoms with Crippen molar-refractivity contribution in [2.75, 3.05) is 0 Å². The van der Waals surface area contributed by atoms with Crippen LogP contribution in [0.3, 0.4) is 0 Å². The quantitative estimate of drug-likeness (QED) is 0.735. The predicted molar refractivity (Wildman–Crippen MR) is 56.8 cm³/mol. The van der Waals surface area contributed by atoms with Crippen LogP contribution in [0.1, 0.15) is 30.1 Å². The normalized spacial score (nSPS) is 15.6. The topological polar surface area (TPSA) is 49.4 Å². The molecule has 1 aliphatic rings. The maximum atomic E-state index is 13.4. The van der Waals surface area contributed by atoms with Gasteiger partial charge in [0.1, 0.15) is 0 Å². The molecule has 3 nitrogen and oxygen atoms in total. The number of carboxylic acid groups (broad SMARTS) is 1. The fourth-order valence-electron chi connectivity index (χ4n) is 1.51. The third-order valence-corrected chi connectivity index (χ3v) is 2.53. The summed E-state index contributed by atoms with van der Waals surface area (Å²) in [4.78, 5) is 10.7. The van der Waals surface area contributed by atoms with E-state index in [1.807, 2.05) is 0 Å². The van der Waals surface area contributed by atoms with Gasteiger partial charge in [0, 0.05) is 18.4 Å². The number of carboxylic acids is 1. The van der Waals surface area contributed by atoms with Crippen molar-refractivity contribution in [3.05, 3.63) is 29.6 Å². The molecular weight excluding hydrogens is 223 g/mol. The van der Waals surface area contributed by atoms with Crippen LogP contribution in [-0.4, -0.2) is 11.6 Å². The van der Waals surface area contributed by atoms with Crippen LogP contribution in [0.5, 0.6) is 5.75 Å². The number of benzene rings is 1. The van der Waals surface area contributed by atoms with E-state index in [0.29, 0.717) is 0 Å². The van der Waals surface area contributed by atoms with Gasteiger partial charge in [0.25, 0.3) is 0 Å². The summed E-state index contributed by atoms with van der Waals surface area (Å²) in [7, 11) is 0. The van der Waals surface area contributed by atoms with E-state index in [4.69, 9.17) is 4.74 Å². The van der Waals surface area contributed by atoms with Crippen molar-refractivity contribution in [2.45, 2.75) is 25.4 Å². The van der Waals surface area contributed by atoms with E-state index in [1.54, 1.807) is 6.92 Å². The second-order valence-electron chi connectivity index (χ2n) is 3.90. The number of carbonyl (C=O) groups is 1. The molecule has 2 rings (SSSR count). The van der Waals surface area contributed by atoms with Gasteiger partial charge in [-0.2, -0.15) is 0 Å². The second-order valence-corrected chi connectivity index (χ2v) is 3.90. The minimum Gasteiger partial charge on any atom is -0.545 e. The van der Waals surface area contributed by atoms with Gasteiger partial charge in [-0.05, 0) is 25.1 Å². The lowest BCUT2D eigenvalue weighted by Crippen LogP contribution is -2.23. The number of hydrogen-bond acceptors (Lipinski definition) is 3. The molecular formula is C13H10FO3-. The summed E-state index contributed by atoms with van der Waals surface area (Å²) in [5, 5.41) is 10.7. The average Bonchev–Trinajstić information content (AvgIpc) is 3.02. The molecule has 1 fully saturated rings. The number of halogens is 1. The minimum absolute atomic E-state index is 0.0908. The number of carbonyl (C=O) groups excluding carboxylic acids is 1. The maximum Gasteiger partial charge on any atom is 0.169 e. The first kappa shape index (κ1) is 11.5. The van der Waals surface area contributed by atoms with Crippen LogP contribution in [0.2, 0.25) is 0 Å². The van der Waals surface area contributed by atoms with Gasteiger partial charge < -0.3 is 14.6 Å². The zero-order valence-electron chi connectivity index (χ0n) is 9.25. The summed E-state index contributed by atoms with van der Waals surface area (Å²) in [5.74, 6) is 3.53. The van der Waals surface area contributed by atoms with Crippen LogP contribution in [0.25, 0.3) is 0 Å². The van der Waals surface area contributed by atoms with Crippen molar-refractivity contribution in [1.82, 2.24) is 0 Å². The summed E-state index contributed by atoms with van der Waals surface area (Å²) in [6, 6.07) is 3.32. The molecule has 0 atom stereocenters. The first-order valence-electron chi connectivity index (χ1n) is 5.20. The van der Waals surface area contributed by atoms with Crippen molar-refractivity contribution < 1.29 is 19.0 Å². The third-order valence-electron chi connectivity index (χ3n) is 2.53. The fraction of sp³-hybridized carbons (Fsp3) is 0.308. The van der Waals surface area contributed by atoms with E-state index >= 15 is 0 Å². The SMILES string of the molecule is CC#CC1(Oc2cc(C(=O)[O-])ccc2F)CC1. The van der Waals surface area contributed by atoms with Crippen molar-refractivity contribution >= 4 is 5.97 Å². The van der Waals surface area contributed by atoms with Gasteiger partial charge in [0.15, 0.2) is 17.2 Å². The van der Waals surface area contributed by atoms with E-state index in [0.717, 1.165) is 31.0 Å². The molecule has 0 saturated heterocycles. The van der Waals surface area contributed by atoms with E-state index in [1.165, 1.54) is 0 Å². The molecule has 0 radical (unpaired) electrons. The van der Waals surface area contributed by atoms with Crippen LogP contribution in [0, 0.1) is 17.7 Å². The molecule has 17 heavy (non-hydrogen) atoms. The molecule has 1 aromatic carbocycles. The highest BCUT2D eigenvalue weighted by Crippen LogP contribution is 2.40. The molecule has 0 bridgehead atoms. The Morgan fingerprint density at radius 1 is 1.53 bits per heavy atom. The number of rotatable bonds is 3. The van der Waals surface area contributed by atoms with E-state index in [9.17, 15) is 14.3 Å². The summed E-state index contributed by atoms with van der Waals surface area (Å²) >= 11 is 0. The van der Waals surface area contributed by atoms with Crippen LogP contribution >= 0.6 is 0 Å².